The van der Waals surface area contributed by atoms with Crippen molar-refractivity contribution in [1.82, 2.24) is 19.9 Å². The topological polar surface area (TPSA) is 84.9 Å². The SMILES string of the molecule is FC(F)(F)COc1nc(Nc2cccc(C(F)(F)F)c2)nc(N2CCN(Cc3ccc4c(c3)OCCO4)CC2)n1. The Kier molecular flexibility index (Phi) is 7.74. The molecule has 2 aliphatic heterocycles. The van der Waals surface area contributed by atoms with Crippen molar-refractivity contribution in [1.29, 1.82) is 0 Å². The van der Waals surface area contributed by atoms with Gasteiger partial charge in [-0.3, -0.25) is 4.90 Å². The van der Waals surface area contributed by atoms with E-state index in [1.807, 2.05) is 18.2 Å². The molecule has 5 rings (SSSR count). The molecular weight excluding hydrogens is 546 g/mol. The van der Waals surface area contributed by atoms with Crippen LogP contribution in [0.5, 0.6) is 17.5 Å². The van der Waals surface area contributed by atoms with Crippen molar-refractivity contribution in [3.63, 3.8) is 0 Å². The number of fused-ring (bicyclic) bond motifs is 1. The van der Waals surface area contributed by atoms with Gasteiger partial charge in [0, 0.05) is 38.4 Å². The summed E-state index contributed by atoms with van der Waals surface area (Å²) < 4.78 is 93.6. The predicted octanol–water partition coefficient (Wildman–Crippen LogP) is 4.67. The number of aromatic nitrogens is 3. The molecule has 1 saturated heterocycles. The zero-order chi connectivity index (χ0) is 28.3. The van der Waals surface area contributed by atoms with Gasteiger partial charge in [-0.15, -0.1) is 0 Å². The zero-order valence-corrected chi connectivity index (χ0v) is 20.9. The molecule has 0 amide bonds. The van der Waals surface area contributed by atoms with E-state index in [1.165, 1.54) is 12.1 Å². The van der Waals surface area contributed by atoms with Gasteiger partial charge in [0.15, 0.2) is 18.1 Å². The summed E-state index contributed by atoms with van der Waals surface area (Å²) in [5.74, 6) is 1.19. The third-order valence-corrected chi connectivity index (χ3v) is 6.08. The van der Waals surface area contributed by atoms with Crippen molar-refractivity contribution < 1.29 is 40.6 Å². The van der Waals surface area contributed by atoms with Crippen molar-refractivity contribution in [3.8, 4) is 17.5 Å². The van der Waals surface area contributed by atoms with Gasteiger partial charge in [0.1, 0.15) is 13.2 Å². The second-order valence-electron chi connectivity index (χ2n) is 9.09. The predicted molar refractivity (Wildman–Crippen MR) is 131 cm³/mol. The van der Waals surface area contributed by atoms with Crippen LogP contribution >= 0.6 is 0 Å². The molecule has 15 heteroatoms. The first-order valence-corrected chi connectivity index (χ1v) is 12.3. The molecule has 214 valence electrons. The Bertz CT molecular complexity index is 1330. The molecular formula is C25H24F6N6O3. The molecule has 0 spiro atoms. The van der Waals surface area contributed by atoms with Crippen LogP contribution < -0.4 is 24.4 Å². The minimum absolute atomic E-state index is 0.00186. The summed E-state index contributed by atoms with van der Waals surface area (Å²) in [6.07, 6.45) is -9.22. The first kappa shape index (κ1) is 27.6. The molecule has 9 nitrogen and oxygen atoms in total. The highest BCUT2D eigenvalue weighted by molar-refractivity contribution is 5.56. The van der Waals surface area contributed by atoms with Gasteiger partial charge in [0.2, 0.25) is 11.9 Å². The van der Waals surface area contributed by atoms with E-state index in [0.717, 1.165) is 17.7 Å². The number of halogens is 6. The van der Waals surface area contributed by atoms with Crippen molar-refractivity contribution in [2.45, 2.75) is 18.9 Å². The lowest BCUT2D eigenvalue weighted by molar-refractivity contribution is -0.154. The molecule has 0 radical (unpaired) electrons. The number of rotatable bonds is 7. The highest BCUT2D eigenvalue weighted by Gasteiger charge is 2.31. The quantitative estimate of drug-likeness (QED) is 0.408. The largest absolute Gasteiger partial charge is 0.486 e. The number of piperazine rings is 1. The smallest absolute Gasteiger partial charge is 0.422 e. The Hall–Kier alpha value is -4.01. The molecule has 2 aromatic carbocycles. The van der Waals surface area contributed by atoms with Gasteiger partial charge in [-0.1, -0.05) is 12.1 Å². The summed E-state index contributed by atoms with van der Waals surface area (Å²) in [6, 6.07) is 9.44. The van der Waals surface area contributed by atoms with Crippen LogP contribution in [0.2, 0.25) is 0 Å². The van der Waals surface area contributed by atoms with Crippen molar-refractivity contribution in [2.75, 3.05) is 56.2 Å². The summed E-state index contributed by atoms with van der Waals surface area (Å²) in [5.41, 5.74) is 0.126. The number of nitrogens with zero attached hydrogens (tertiary/aromatic N) is 5. The average Bonchev–Trinajstić information content (AvgIpc) is 2.91. The Morgan fingerprint density at radius 3 is 2.33 bits per heavy atom. The number of anilines is 3. The number of benzene rings is 2. The molecule has 2 aliphatic rings. The number of hydrogen-bond donors (Lipinski definition) is 1. The molecule has 3 heterocycles. The first-order chi connectivity index (χ1) is 19.0. The molecule has 1 aromatic heterocycles. The molecule has 1 fully saturated rings. The van der Waals surface area contributed by atoms with Crippen LogP contribution in [0.4, 0.5) is 43.9 Å². The Balaban J connectivity index is 1.29. The standard InChI is InChI=1S/C25H24F6N6O3/c26-24(27,28)15-40-23-34-21(32-18-3-1-2-17(13-18)25(29,30)31)33-22(35-23)37-8-6-36(7-9-37)14-16-4-5-19-20(12-16)39-11-10-38-19/h1-5,12-13H,6-11,14-15H2,(H,32,33,34,35). The highest BCUT2D eigenvalue weighted by Crippen LogP contribution is 2.32. The van der Waals surface area contributed by atoms with Crippen LogP contribution in [0.1, 0.15) is 11.1 Å². The minimum atomic E-state index is -4.64. The first-order valence-electron chi connectivity index (χ1n) is 12.3. The molecule has 40 heavy (non-hydrogen) atoms. The summed E-state index contributed by atoms with van der Waals surface area (Å²) in [6.45, 7) is 2.07. The van der Waals surface area contributed by atoms with Gasteiger partial charge in [-0.2, -0.15) is 41.3 Å². The number of ether oxygens (including phenoxy) is 3. The maximum atomic E-state index is 13.1. The molecule has 0 aliphatic carbocycles. The normalized spacial score (nSPS) is 16.1. The van der Waals surface area contributed by atoms with E-state index in [2.05, 4.69) is 25.2 Å². The lowest BCUT2D eigenvalue weighted by Gasteiger charge is -2.35. The molecule has 0 atom stereocenters. The van der Waals surface area contributed by atoms with Gasteiger partial charge in [-0.05, 0) is 35.9 Å². The van der Waals surface area contributed by atoms with E-state index in [-0.39, 0.29) is 17.6 Å². The Morgan fingerprint density at radius 1 is 0.850 bits per heavy atom. The van der Waals surface area contributed by atoms with E-state index < -0.39 is 30.5 Å². The van der Waals surface area contributed by atoms with Gasteiger partial charge in [0.05, 0.1) is 5.56 Å². The van der Waals surface area contributed by atoms with Crippen molar-refractivity contribution in [2.24, 2.45) is 0 Å². The fraction of sp³-hybridized carbons (Fsp3) is 0.400. The van der Waals surface area contributed by atoms with E-state index >= 15 is 0 Å². The lowest BCUT2D eigenvalue weighted by Crippen LogP contribution is -2.46. The summed E-state index contributed by atoms with van der Waals surface area (Å²) >= 11 is 0. The summed E-state index contributed by atoms with van der Waals surface area (Å²) in [7, 11) is 0. The Morgan fingerprint density at radius 2 is 1.60 bits per heavy atom. The monoisotopic (exact) mass is 570 g/mol. The fourth-order valence-electron chi connectivity index (χ4n) is 4.21. The Labute approximate surface area is 224 Å². The van der Waals surface area contributed by atoms with Crippen LogP contribution in [0.3, 0.4) is 0 Å². The van der Waals surface area contributed by atoms with Crippen molar-refractivity contribution >= 4 is 17.6 Å². The second kappa shape index (κ2) is 11.2. The average molecular weight is 570 g/mol. The van der Waals surface area contributed by atoms with Crippen LogP contribution in [-0.2, 0) is 12.7 Å². The van der Waals surface area contributed by atoms with E-state index in [4.69, 9.17) is 14.2 Å². The molecule has 0 bridgehead atoms. The maximum absolute atomic E-state index is 13.1. The molecule has 3 aromatic rings. The van der Waals surface area contributed by atoms with E-state index in [1.54, 1.807) is 4.90 Å². The van der Waals surface area contributed by atoms with Gasteiger partial charge in [0.25, 0.3) is 0 Å². The third kappa shape index (κ3) is 7.14. The zero-order valence-electron chi connectivity index (χ0n) is 20.9. The summed E-state index contributed by atoms with van der Waals surface area (Å²) in [5, 5.41) is 2.62. The van der Waals surface area contributed by atoms with Gasteiger partial charge in [-0.25, -0.2) is 0 Å². The van der Waals surface area contributed by atoms with Crippen LogP contribution in [0, 0.1) is 0 Å². The number of nitrogens with one attached hydrogen (secondary N) is 1. The number of hydrogen-bond acceptors (Lipinski definition) is 9. The third-order valence-electron chi connectivity index (χ3n) is 6.08. The minimum Gasteiger partial charge on any atom is -0.486 e. The highest BCUT2D eigenvalue weighted by atomic mass is 19.4. The fourth-order valence-corrected chi connectivity index (χ4v) is 4.21. The van der Waals surface area contributed by atoms with Crippen LogP contribution in [0.15, 0.2) is 42.5 Å². The second-order valence-corrected chi connectivity index (χ2v) is 9.09. The maximum Gasteiger partial charge on any atom is 0.422 e. The number of alkyl halides is 6. The molecule has 0 unspecified atom stereocenters. The van der Waals surface area contributed by atoms with Crippen LogP contribution in [-0.4, -0.2) is 72.0 Å². The molecule has 1 N–H and O–H groups in total. The lowest BCUT2D eigenvalue weighted by atomic mass is 10.1. The van der Waals surface area contributed by atoms with Gasteiger partial charge >= 0.3 is 18.4 Å². The van der Waals surface area contributed by atoms with E-state index in [9.17, 15) is 26.3 Å². The van der Waals surface area contributed by atoms with Gasteiger partial charge < -0.3 is 24.4 Å². The summed E-state index contributed by atoms with van der Waals surface area (Å²) in [4.78, 5) is 16.0. The van der Waals surface area contributed by atoms with E-state index in [0.29, 0.717) is 57.4 Å². The van der Waals surface area contributed by atoms with Crippen LogP contribution in [0.25, 0.3) is 0 Å². The molecule has 0 saturated carbocycles. The van der Waals surface area contributed by atoms with Crippen molar-refractivity contribution in [3.05, 3.63) is 53.6 Å².